The number of rotatable bonds is 8. The standard InChI is InChI=1S/C21H21F3N4O4/c1-2-27(12-19(29)26-16-6-4-3-5-15(16)21(22,23)24)20(30)13-7-10-17(25-14-8-9-14)18(11-13)28(31)32/h3-7,10-11,14,25H,2,8-9,12H2,1H3,(H,26,29). The zero-order valence-corrected chi connectivity index (χ0v) is 17.1. The molecule has 1 saturated carbocycles. The number of benzene rings is 2. The topological polar surface area (TPSA) is 105 Å². The minimum Gasteiger partial charge on any atom is -0.377 e. The van der Waals surface area contributed by atoms with Crippen molar-refractivity contribution in [1.82, 2.24) is 4.90 Å². The maximum absolute atomic E-state index is 13.1. The van der Waals surface area contributed by atoms with E-state index in [9.17, 15) is 32.9 Å². The Balaban J connectivity index is 1.74. The molecule has 2 aromatic carbocycles. The molecule has 32 heavy (non-hydrogen) atoms. The summed E-state index contributed by atoms with van der Waals surface area (Å²) in [6, 6.07) is 8.68. The van der Waals surface area contributed by atoms with Crippen molar-refractivity contribution >= 4 is 28.9 Å². The van der Waals surface area contributed by atoms with Gasteiger partial charge in [-0.3, -0.25) is 19.7 Å². The van der Waals surface area contributed by atoms with Crippen molar-refractivity contribution in [1.29, 1.82) is 0 Å². The third-order valence-electron chi connectivity index (χ3n) is 4.89. The fourth-order valence-electron chi connectivity index (χ4n) is 3.10. The summed E-state index contributed by atoms with van der Waals surface area (Å²) in [5.74, 6) is -1.47. The van der Waals surface area contributed by atoms with Gasteiger partial charge in [0.15, 0.2) is 0 Å². The van der Waals surface area contributed by atoms with Crippen LogP contribution in [0.15, 0.2) is 42.5 Å². The quantitative estimate of drug-likeness (QED) is 0.461. The van der Waals surface area contributed by atoms with Crippen LogP contribution in [0.5, 0.6) is 0 Å². The Morgan fingerprint density at radius 3 is 2.44 bits per heavy atom. The van der Waals surface area contributed by atoms with Crippen LogP contribution in [0.3, 0.4) is 0 Å². The van der Waals surface area contributed by atoms with Gasteiger partial charge in [0.25, 0.3) is 11.6 Å². The Hall–Kier alpha value is -3.63. The molecule has 0 atom stereocenters. The predicted molar refractivity (Wildman–Crippen MR) is 111 cm³/mol. The van der Waals surface area contributed by atoms with E-state index in [2.05, 4.69) is 10.6 Å². The summed E-state index contributed by atoms with van der Waals surface area (Å²) < 4.78 is 39.4. The maximum Gasteiger partial charge on any atom is 0.418 e. The lowest BCUT2D eigenvalue weighted by atomic mass is 10.1. The lowest BCUT2D eigenvalue weighted by Crippen LogP contribution is -2.38. The van der Waals surface area contributed by atoms with E-state index in [4.69, 9.17) is 0 Å². The fourth-order valence-corrected chi connectivity index (χ4v) is 3.10. The Kier molecular flexibility index (Phi) is 6.66. The predicted octanol–water partition coefficient (Wildman–Crippen LogP) is 4.29. The number of halogens is 3. The second kappa shape index (κ2) is 9.25. The molecule has 1 fully saturated rings. The van der Waals surface area contributed by atoms with Crippen LogP contribution in [-0.4, -0.2) is 40.8 Å². The molecule has 2 N–H and O–H groups in total. The number of para-hydroxylation sites is 1. The molecule has 11 heteroatoms. The Bertz CT molecular complexity index is 1040. The second-order valence-electron chi connectivity index (χ2n) is 7.32. The van der Waals surface area contributed by atoms with Gasteiger partial charge in [-0.2, -0.15) is 13.2 Å². The minimum atomic E-state index is -4.65. The van der Waals surface area contributed by atoms with Gasteiger partial charge in [-0.1, -0.05) is 12.1 Å². The van der Waals surface area contributed by atoms with E-state index in [-0.39, 0.29) is 23.8 Å². The maximum atomic E-state index is 13.1. The number of amides is 2. The Morgan fingerprint density at radius 2 is 1.84 bits per heavy atom. The summed E-state index contributed by atoms with van der Waals surface area (Å²) >= 11 is 0. The van der Waals surface area contributed by atoms with Crippen LogP contribution in [-0.2, 0) is 11.0 Å². The van der Waals surface area contributed by atoms with E-state index in [0.29, 0.717) is 5.69 Å². The molecular weight excluding hydrogens is 429 g/mol. The van der Waals surface area contributed by atoms with Gasteiger partial charge in [0.2, 0.25) is 5.91 Å². The molecule has 0 aromatic heterocycles. The number of likely N-dealkylation sites (N-methyl/N-ethyl adjacent to an activating group) is 1. The second-order valence-corrected chi connectivity index (χ2v) is 7.32. The molecule has 0 unspecified atom stereocenters. The van der Waals surface area contributed by atoms with Crippen LogP contribution in [0.2, 0.25) is 0 Å². The molecule has 3 rings (SSSR count). The smallest absolute Gasteiger partial charge is 0.377 e. The van der Waals surface area contributed by atoms with E-state index in [1.165, 1.54) is 24.3 Å². The molecule has 0 spiro atoms. The van der Waals surface area contributed by atoms with Crippen molar-refractivity contribution in [2.45, 2.75) is 32.0 Å². The number of carbonyl (C=O) groups is 2. The molecule has 8 nitrogen and oxygen atoms in total. The van der Waals surface area contributed by atoms with Crippen LogP contribution in [0, 0.1) is 10.1 Å². The van der Waals surface area contributed by atoms with E-state index in [1.54, 1.807) is 6.92 Å². The third kappa shape index (κ3) is 5.54. The summed E-state index contributed by atoms with van der Waals surface area (Å²) in [4.78, 5) is 37.1. The summed E-state index contributed by atoms with van der Waals surface area (Å²) in [5, 5.41) is 16.6. The van der Waals surface area contributed by atoms with Gasteiger partial charge in [0.1, 0.15) is 12.2 Å². The number of anilines is 2. The summed E-state index contributed by atoms with van der Waals surface area (Å²) in [7, 11) is 0. The van der Waals surface area contributed by atoms with Crippen LogP contribution >= 0.6 is 0 Å². The van der Waals surface area contributed by atoms with Gasteiger partial charge in [-0.05, 0) is 44.0 Å². The largest absolute Gasteiger partial charge is 0.418 e. The molecule has 0 heterocycles. The molecule has 1 aliphatic carbocycles. The van der Waals surface area contributed by atoms with Gasteiger partial charge in [0.05, 0.1) is 16.2 Å². The highest BCUT2D eigenvalue weighted by Crippen LogP contribution is 2.35. The van der Waals surface area contributed by atoms with Crippen LogP contribution in [0.25, 0.3) is 0 Å². The molecule has 0 bridgehead atoms. The molecule has 0 aliphatic heterocycles. The van der Waals surface area contributed by atoms with Crippen LogP contribution in [0.1, 0.15) is 35.7 Å². The first-order valence-electron chi connectivity index (χ1n) is 9.90. The highest BCUT2D eigenvalue weighted by atomic mass is 19.4. The highest BCUT2D eigenvalue weighted by Gasteiger charge is 2.34. The van der Waals surface area contributed by atoms with Crippen molar-refractivity contribution in [3.63, 3.8) is 0 Å². The Morgan fingerprint density at radius 1 is 1.16 bits per heavy atom. The van der Waals surface area contributed by atoms with Crippen molar-refractivity contribution in [2.24, 2.45) is 0 Å². The van der Waals surface area contributed by atoms with Crippen molar-refractivity contribution in [3.8, 4) is 0 Å². The lowest BCUT2D eigenvalue weighted by Gasteiger charge is -2.21. The minimum absolute atomic E-state index is 0.00314. The molecule has 0 saturated heterocycles. The first-order chi connectivity index (χ1) is 15.1. The van der Waals surface area contributed by atoms with Crippen molar-refractivity contribution < 1.29 is 27.7 Å². The first kappa shape index (κ1) is 23.0. The number of hydrogen-bond donors (Lipinski definition) is 2. The third-order valence-corrected chi connectivity index (χ3v) is 4.89. The monoisotopic (exact) mass is 450 g/mol. The number of nitro benzene ring substituents is 1. The highest BCUT2D eigenvalue weighted by molar-refractivity contribution is 6.00. The van der Waals surface area contributed by atoms with Gasteiger partial charge < -0.3 is 15.5 Å². The van der Waals surface area contributed by atoms with E-state index in [0.717, 1.165) is 35.9 Å². The SMILES string of the molecule is CCN(CC(=O)Nc1ccccc1C(F)(F)F)C(=O)c1ccc(NC2CC2)c([N+](=O)[O-])c1. The van der Waals surface area contributed by atoms with Crippen LogP contribution in [0.4, 0.5) is 30.2 Å². The summed E-state index contributed by atoms with van der Waals surface area (Å²) in [6.07, 6.45) is -2.83. The van der Waals surface area contributed by atoms with E-state index in [1.807, 2.05) is 0 Å². The van der Waals surface area contributed by atoms with Gasteiger partial charge >= 0.3 is 6.18 Å². The van der Waals surface area contributed by atoms with Crippen molar-refractivity contribution in [3.05, 3.63) is 63.7 Å². The van der Waals surface area contributed by atoms with Gasteiger partial charge in [-0.25, -0.2) is 0 Å². The van der Waals surface area contributed by atoms with Gasteiger partial charge in [0, 0.05) is 24.2 Å². The number of alkyl halides is 3. The normalized spacial score (nSPS) is 13.4. The number of nitrogens with one attached hydrogen (secondary N) is 2. The Labute approximate surface area is 181 Å². The molecule has 2 amide bonds. The molecule has 0 radical (unpaired) electrons. The zero-order chi connectivity index (χ0) is 23.5. The zero-order valence-electron chi connectivity index (χ0n) is 17.1. The number of carbonyl (C=O) groups excluding carboxylic acids is 2. The lowest BCUT2D eigenvalue weighted by molar-refractivity contribution is -0.384. The first-order valence-corrected chi connectivity index (χ1v) is 9.90. The van der Waals surface area contributed by atoms with Gasteiger partial charge in [-0.15, -0.1) is 0 Å². The number of nitrogens with zero attached hydrogens (tertiary/aromatic N) is 2. The molecule has 1 aliphatic rings. The molecule has 2 aromatic rings. The number of hydrogen-bond acceptors (Lipinski definition) is 5. The molecular formula is C21H21F3N4O4. The number of nitro groups is 1. The average molecular weight is 450 g/mol. The average Bonchev–Trinajstić information content (AvgIpc) is 3.55. The van der Waals surface area contributed by atoms with Crippen LogP contribution < -0.4 is 10.6 Å². The summed E-state index contributed by atoms with van der Waals surface area (Å²) in [5.41, 5.74) is -1.37. The van der Waals surface area contributed by atoms with E-state index < -0.39 is 40.7 Å². The fraction of sp³-hybridized carbons (Fsp3) is 0.333. The van der Waals surface area contributed by atoms with E-state index >= 15 is 0 Å². The summed E-state index contributed by atoms with van der Waals surface area (Å²) in [6.45, 7) is 1.15. The van der Waals surface area contributed by atoms with Crippen molar-refractivity contribution in [2.75, 3.05) is 23.7 Å². The molecule has 170 valence electrons.